The Balaban J connectivity index is -0.000000616. The summed E-state index contributed by atoms with van der Waals surface area (Å²) >= 11 is 0. The third-order valence-corrected chi connectivity index (χ3v) is 7.50. The van der Waals surface area contributed by atoms with Crippen LogP contribution >= 0.6 is 58.8 Å². The van der Waals surface area contributed by atoms with Gasteiger partial charge < -0.3 is 6.42 Å². The molecule has 5 aliphatic rings. The van der Waals surface area contributed by atoms with Crippen molar-refractivity contribution in [1.82, 2.24) is 0 Å². The van der Waals surface area contributed by atoms with Gasteiger partial charge in [-0.1, -0.05) is 81.7 Å². The van der Waals surface area contributed by atoms with E-state index in [1.54, 1.807) is 0 Å². The van der Waals surface area contributed by atoms with E-state index in [2.05, 4.69) is 100 Å². The summed E-state index contributed by atoms with van der Waals surface area (Å²) in [7, 11) is 0. The second-order valence-corrected chi connectivity index (χ2v) is 9.94. The first-order chi connectivity index (χ1) is 15.0. The quantitative estimate of drug-likeness (QED) is 0.150. The van der Waals surface area contributed by atoms with Crippen molar-refractivity contribution in [1.29, 1.82) is 0 Å². The van der Waals surface area contributed by atoms with Gasteiger partial charge in [0.05, 0.1) is 0 Å². The van der Waals surface area contributed by atoms with Crippen molar-refractivity contribution >= 4 is 64.9 Å². The molecule has 0 amide bonds. The van der Waals surface area contributed by atoms with Gasteiger partial charge in [-0.15, -0.1) is 71.6 Å². The molecule has 0 nitrogen and oxygen atoms in total. The predicted octanol–water partition coefficient (Wildman–Crippen LogP) is 10.2. The Bertz CT molecular complexity index is 926. The van der Waals surface area contributed by atoms with Crippen molar-refractivity contribution in [2.24, 2.45) is 22.7 Å². The molecule has 1 saturated carbocycles. The van der Waals surface area contributed by atoms with Crippen LogP contribution in [0.2, 0.25) is 0 Å². The van der Waals surface area contributed by atoms with E-state index >= 15 is 0 Å². The number of allylic oxidation sites excluding steroid dienone is 11. The normalized spacial score (nSPS) is 27.1. The van der Waals surface area contributed by atoms with E-state index in [0.717, 1.165) is 24.7 Å². The number of benzene rings is 1. The van der Waals surface area contributed by atoms with Gasteiger partial charge in [0.15, 0.2) is 0 Å². The molecule has 0 aromatic heterocycles. The van der Waals surface area contributed by atoms with Crippen LogP contribution in [0.4, 0.5) is 0 Å². The zero-order chi connectivity index (χ0) is 21.7. The first kappa shape index (κ1) is 42.4. The largest absolute Gasteiger partial charge is 0.324 e. The van der Waals surface area contributed by atoms with Crippen molar-refractivity contribution in [2.45, 2.75) is 52.4 Å². The van der Waals surface area contributed by atoms with E-state index in [0.29, 0.717) is 11.3 Å². The molecule has 4 atom stereocenters. The van der Waals surface area contributed by atoms with E-state index in [1.807, 2.05) is 24.3 Å². The first-order valence-electron chi connectivity index (χ1n) is 11.8. The summed E-state index contributed by atoms with van der Waals surface area (Å²) in [4.78, 5) is 0. The van der Waals surface area contributed by atoms with Crippen molar-refractivity contribution in [3.05, 3.63) is 109 Å². The molecule has 0 heterocycles. The van der Waals surface area contributed by atoms with Gasteiger partial charge in [-0.05, 0) is 22.0 Å². The molecule has 1 aromatic carbocycles. The maximum atomic E-state index is 2.99. The summed E-state index contributed by atoms with van der Waals surface area (Å²) in [5, 5.41) is 0. The molecule has 0 spiro atoms. The zero-order valence-electron chi connectivity index (χ0n) is 21.9. The monoisotopic (exact) mass is 909 g/mol. The second-order valence-electron chi connectivity index (χ2n) is 9.94. The van der Waals surface area contributed by atoms with E-state index in [-0.39, 0.29) is 116 Å². The number of hydrogen-bond donors (Lipinski definition) is 0. The topological polar surface area (TPSA) is 0 Å². The summed E-state index contributed by atoms with van der Waals surface area (Å²) in [5.74, 6) is 2.05. The van der Waals surface area contributed by atoms with Gasteiger partial charge in [-0.3, -0.25) is 12.2 Å². The van der Waals surface area contributed by atoms with E-state index in [9.17, 15) is 0 Å². The Hall–Kier alpha value is 0.953. The summed E-state index contributed by atoms with van der Waals surface area (Å²) in [5.41, 5.74) is 3.52. The fourth-order valence-electron chi connectivity index (χ4n) is 5.75. The van der Waals surface area contributed by atoms with Crippen LogP contribution in [-0.2, 0) is 52.0 Å². The SMILES string of the molecule is Br.Br.CC1(C)C=CC(C)(C2C=Cc3ccccc32)C2CC[CH-]C21.Cl.Cl.[C-]1=CC=CC1.[C-]1=CC=CC1.[Hf].[Zr]. The minimum atomic E-state index is 0. The number of hydrogen-bond acceptors (Lipinski definition) is 0. The van der Waals surface area contributed by atoms with Crippen LogP contribution in [0.3, 0.4) is 0 Å². The molecule has 4 unspecified atom stereocenters. The third-order valence-electron chi connectivity index (χ3n) is 7.50. The van der Waals surface area contributed by atoms with Gasteiger partial charge in [0, 0.05) is 58.0 Å². The average Bonchev–Trinajstić information content (AvgIpc) is 3.61. The Morgan fingerprint density at radius 3 is 2.00 bits per heavy atom. The molecule has 37 heavy (non-hydrogen) atoms. The Labute approximate surface area is 297 Å². The molecule has 0 radical (unpaired) electrons. The summed E-state index contributed by atoms with van der Waals surface area (Å²) in [6, 6.07) is 8.92. The van der Waals surface area contributed by atoms with Crippen LogP contribution in [0, 0.1) is 41.2 Å². The molecule has 0 saturated heterocycles. The average molecular weight is 912 g/mol. The van der Waals surface area contributed by atoms with Crippen LogP contribution in [0.25, 0.3) is 6.08 Å². The van der Waals surface area contributed by atoms with Crippen LogP contribution < -0.4 is 0 Å². The Morgan fingerprint density at radius 1 is 0.892 bits per heavy atom. The molecule has 1 aromatic rings. The Kier molecular flexibility index (Phi) is 22.9. The van der Waals surface area contributed by atoms with Gasteiger partial charge >= 0.3 is 0 Å². The standard InChI is InChI=1S/C21H25.2C5H5.2BrH.2ClH.Hf.Zr/c1-20(2)13-14-21(3,19-10-6-9-18(19)20)17-12-11-15-7-4-5-8-16(15)17;2*1-2-4-5-3-1;;;;;;/h4-5,7-9,11-14,17-19H,6,10H2,1-3H3;2*1-3H,4H2;4*1H;;/q3*-1;;;;;;. The fourth-order valence-corrected chi connectivity index (χ4v) is 5.75. The van der Waals surface area contributed by atoms with Crippen LogP contribution in [0.15, 0.2) is 78.9 Å². The van der Waals surface area contributed by atoms with Crippen molar-refractivity contribution < 1.29 is 52.0 Å². The third kappa shape index (κ3) is 10.4. The maximum absolute atomic E-state index is 2.99. The van der Waals surface area contributed by atoms with Gasteiger partial charge in [0.1, 0.15) is 0 Å². The maximum Gasteiger partial charge on any atom is 0.0117 e. The Morgan fingerprint density at radius 2 is 1.49 bits per heavy atom. The number of halogens is 4. The summed E-state index contributed by atoms with van der Waals surface area (Å²) in [6.45, 7) is 7.30. The van der Waals surface area contributed by atoms with E-state index in [1.165, 1.54) is 24.0 Å². The zero-order valence-corrected chi connectivity index (χ0v) is 33.0. The summed E-state index contributed by atoms with van der Waals surface area (Å²) in [6.07, 6.45) is 35.0. The molecular formula is C31H39Br2Cl2HfZr-3. The van der Waals surface area contributed by atoms with E-state index < -0.39 is 0 Å². The minimum absolute atomic E-state index is 0. The van der Waals surface area contributed by atoms with E-state index in [4.69, 9.17) is 0 Å². The van der Waals surface area contributed by atoms with Crippen LogP contribution in [-0.4, -0.2) is 0 Å². The molecule has 202 valence electrons. The molecular weight excluding hydrogens is 873 g/mol. The second kappa shape index (κ2) is 19.9. The predicted molar refractivity (Wildman–Crippen MR) is 168 cm³/mol. The van der Waals surface area contributed by atoms with Crippen LogP contribution in [0.5, 0.6) is 0 Å². The van der Waals surface area contributed by atoms with Crippen LogP contribution in [0.1, 0.15) is 63.5 Å². The molecule has 0 bridgehead atoms. The van der Waals surface area contributed by atoms with Gasteiger partial charge in [0.2, 0.25) is 0 Å². The van der Waals surface area contributed by atoms with Crippen molar-refractivity contribution in [3.8, 4) is 0 Å². The first-order valence-corrected chi connectivity index (χ1v) is 11.8. The molecule has 1 fully saturated rings. The van der Waals surface area contributed by atoms with Gasteiger partial charge in [-0.25, -0.2) is 24.3 Å². The molecule has 6 heteroatoms. The van der Waals surface area contributed by atoms with Gasteiger partial charge in [0.25, 0.3) is 0 Å². The summed E-state index contributed by atoms with van der Waals surface area (Å²) < 4.78 is 0. The fraction of sp³-hybridized carbons (Fsp3) is 0.387. The smallest absolute Gasteiger partial charge is 0.0117 e. The number of rotatable bonds is 1. The minimum Gasteiger partial charge on any atom is -0.324 e. The van der Waals surface area contributed by atoms with Crippen molar-refractivity contribution in [3.63, 3.8) is 0 Å². The molecule has 0 N–H and O–H groups in total. The molecule has 0 aliphatic heterocycles. The molecule has 5 aliphatic carbocycles. The molecule has 6 rings (SSSR count). The van der Waals surface area contributed by atoms with Crippen molar-refractivity contribution in [2.75, 3.05) is 0 Å². The van der Waals surface area contributed by atoms with Gasteiger partial charge in [-0.2, -0.15) is 24.5 Å². The number of fused-ring (bicyclic) bond motifs is 2.